The average Bonchev–Trinajstić information content (AvgIpc) is 3.89. The van der Waals surface area contributed by atoms with E-state index >= 15 is 0 Å². The van der Waals surface area contributed by atoms with Gasteiger partial charge in [0, 0.05) is 67.0 Å². The van der Waals surface area contributed by atoms with Gasteiger partial charge >= 0.3 is 0 Å². The third kappa shape index (κ3) is 6.79. The van der Waals surface area contributed by atoms with Crippen molar-refractivity contribution in [2.75, 3.05) is 9.80 Å². The molecule has 0 unspecified atom stereocenters. The maximum atomic E-state index is 2.37. The zero-order valence-electron chi connectivity index (χ0n) is 36.9. The third-order valence-electron chi connectivity index (χ3n) is 13.0. The molecule has 66 heavy (non-hydrogen) atoms. The van der Waals surface area contributed by atoms with Crippen molar-refractivity contribution in [2.24, 2.45) is 0 Å². The average molecular weight is 847 g/mol. The number of fused-ring (bicyclic) bond motifs is 6. The van der Waals surface area contributed by atoms with Crippen molar-refractivity contribution >= 4 is 77.7 Å². The van der Waals surface area contributed by atoms with Crippen molar-refractivity contribution in [3.63, 3.8) is 0 Å². The number of anilines is 6. The van der Waals surface area contributed by atoms with Crippen LogP contribution in [0.4, 0.5) is 34.1 Å². The minimum absolute atomic E-state index is 1.10. The third-order valence-corrected chi connectivity index (χ3v) is 13.0. The van der Waals surface area contributed by atoms with Gasteiger partial charge in [-0.2, -0.15) is 0 Å². The molecule has 314 valence electrons. The molecule has 0 aliphatic rings. The lowest BCUT2D eigenvalue weighted by Gasteiger charge is -2.26. The largest absolute Gasteiger partial charge is 0.310 e. The highest BCUT2D eigenvalue weighted by Gasteiger charge is 2.20. The van der Waals surface area contributed by atoms with Crippen molar-refractivity contribution in [1.82, 2.24) is 9.13 Å². The van der Waals surface area contributed by atoms with Gasteiger partial charge in [-0.05, 0) is 146 Å². The summed E-state index contributed by atoms with van der Waals surface area (Å²) < 4.78 is 4.74. The SMILES string of the molecule is Cc1ccc(N(c2ccc(-c3ccc(N(c4ccc(C)cc4)c4ccc5c(c4)c4ccccc4n5-c4ccccc4)cc3)cc2)c2ccc3c(c2)c2ccccc2n3-c2ccccc2)cc1. The van der Waals surface area contributed by atoms with Crippen molar-refractivity contribution < 1.29 is 0 Å². The van der Waals surface area contributed by atoms with Crippen LogP contribution < -0.4 is 9.80 Å². The second-order valence-corrected chi connectivity index (χ2v) is 17.2. The predicted molar refractivity (Wildman–Crippen MR) is 279 cm³/mol. The Bertz CT molecular complexity index is 3430. The molecule has 0 atom stereocenters. The summed E-state index contributed by atoms with van der Waals surface area (Å²) in [6, 6.07) is 88.2. The van der Waals surface area contributed by atoms with Gasteiger partial charge < -0.3 is 18.9 Å². The number of aromatic nitrogens is 2. The Labute approximate surface area is 385 Å². The van der Waals surface area contributed by atoms with Crippen LogP contribution in [0.1, 0.15) is 11.1 Å². The van der Waals surface area contributed by atoms with E-state index in [1.54, 1.807) is 0 Å². The van der Waals surface area contributed by atoms with Gasteiger partial charge in [0.15, 0.2) is 0 Å². The topological polar surface area (TPSA) is 16.3 Å². The lowest BCUT2D eigenvalue weighted by molar-refractivity contribution is 1.18. The summed E-state index contributed by atoms with van der Waals surface area (Å²) >= 11 is 0. The second kappa shape index (κ2) is 16.2. The fourth-order valence-corrected chi connectivity index (χ4v) is 9.80. The number of benzene rings is 10. The summed E-state index contributed by atoms with van der Waals surface area (Å²) in [6.07, 6.45) is 0. The molecule has 0 saturated carbocycles. The summed E-state index contributed by atoms with van der Waals surface area (Å²) in [5, 5.41) is 4.91. The van der Waals surface area contributed by atoms with Crippen LogP contribution in [0.15, 0.2) is 243 Å². The van der Waals surface area contributed by atoms with Crippen molar-refractivity contribution in [3.05, 3.63) is 254 Å². The zero-order valence-corrected chi connectivity index (χ0v) is 36.9. The minimum atomic E-state index is 1.10. The highest BCUT2D eigenvalue weighted by atomic mass is 15.1. The molecule has 4 nitrogen and oxygen atoms in total. The Morgan fingerprint density at radius 1 is 0.258 bits per heavy atom. The molecule has 2 aromatic heterocycles. The Balaban J connectivity index is 0.910. The molecule has 10 aromatic carbocycles. The van der Waals surface area contributed by atoms with E-state index in [9.17, 15) is 0 Å². The van der Waals surface area contributed by atoms with Gasteiger partial charge in [-0.3, -0.25) is 0 Å². The van der Waals surface area contributed by atoms with Crippen molar-refractivity contribution in [3.8, 4) is 22.5 Å². The zero-order chi connectivity index (χ0) is 44.1. The van der Waals surface area contributed by atoms with E-state index in [1.165, 1.54) is 54.7 Å². The number of aryl methyl sites for hydroxylation is 2. The Morgan fingerprint density at radius 2 is 0.561 bits per heavy atom. The first-order chi connectivity index (χ1) is 32.6. The quantitative estimate of drug-likeness (QED) is 0.144. The van der Waals surface area contributed by atoms with Gasteiger partial charge in [0.1, 0.15) is 0 Å². The van der Waals surface area contributed by atoms with Crippen LogP contribution in [0.25, 0.3) is 66.1 Å². The van der Waals surface area contributed by atoms with E-state index < -0.39 is 0 Å². The molecule has 12 rings (SSSR count). The Morgan fingerprint density at radius 3 is 0.939 bits per heavy atom. The van der Waals surface area contributed by atoms with Gasteiger partial charge in [-0.15, -0.1) is 0 Å². The van der Waals surface area contributed by atoms with Gasteiger partial charge in [0.25, 0.3) is 0 Å². The van der Waals surface area contributed by atoms with E-state index in [2.05, 4.69) is 275 Å². The van der Waals surface area contributed by atoms with E-state index in [1.807, 2.05) is 0 Å². The van der Waals surface area contributed by atoms with Gasteiger partial charge in [0.2, 0.25) is 0 Å². The van der Waals surface area contributed by atoms with E-state index in [-0.39, 0.29) is 0 Å². The normalized spacial score (nSPS) is 11.5. The molecule has 0 aliphatic heterocycles. The first-order valence-corrected chi connectivity index (χ1v) is 22.7. The van der Waals surface area contributed by atoms with Crippen LogP contribution in [0, 0.1) is 13.8 Å². The number of nitrogens with zero attached hydrogens (tertiary/aromatic N) is 4. The fraction of sp³-hybridized carbons (Fsp3) is 0.0323. The molecule has 0 saturated heterocycles. The molecule has 0 N–H and O–H groups in total. The molecule has 4 heteroatoms. The summed E-state index contributed by atoms with van der Waals surface area (Å²) in [5.41, 5.74) is 18.5. The number of para-hydroxylation sites is 4. The summed E-state index contributed by atoms with van der Waals surface area (Å²) in [4.78, 5) is 4.74. The number of hydrogen-bond acceptors (Lipinski definition) is 2. The van der Waals surface area contributed by atoms with Gasteiger partial charge in [-0.25, -0.2) is 0 Å². The predicted octanol–water partition coefficient (Wildman–Crippen LogP) is 17.1. The minimum Gasteiger partial charge on any atom is -0.310 e. The van der Waals surface area contributed by atoms with Crippen LogP contribution in [0.3, 0.4) is 0 Å². The molecular weight excluding hydrogens is 801 g/mol. The lowest BCUT2D eigenvalue weighted by Crippen LogP contribution is -2.10. The van der Waals surface area contributed by atoms with Crippen molar-refractivity contribution in [2.45, 2.75) is 13.8 Å². The van der Waals surface area contributed by atoms with Crippen molar-refractivity contribution in [1.29, 1.82) is 0 Å². The maximum Gasteiger partial charge on any atom is 0.0542 e. The van der Waals surface area contributed by atoms with Gasteiger partial charge in [0.05, 0.1) is 22.1 Å². The first-order valence-electron chi connectivity index (χ1n) is 22.7. The Kier molecular flexibility index (Phi) is 9.57. The standard InChI is InChI=1S/C62H46N4/c1-43-21-29-49(30-22-43)63(53-37-39-61-57(41-53)55-17-9-11-19-59(55)65(61)47-13-5-3-6-14-47)51-33-25-45(26-34-51)46-27-35-52(36-28-46)64(50-31-23-44(2)24-32-50)54-38-40-62-58(42-54)56-18-10-12-20-60(56)66(62)48-15-7-4-8-16-48/h3-42H,1-2H3. The van der Waals surface area contributed by atoms with E-state index in [4.69, 9.17) is 0 Å². The molecule has 0 bridgehead atoms. The molecule has 0 spiro atoms. The van der Waals surface area contributed by atoms with Crippen LogP contribution in [-0.4, -0.2) is 9.13 Å². The van der Waals surface area contributed by atoms with Crippen LogP contribution in [-0.2, 0) is 0 Å². The number of rotatable bonds is 9. The van der Waals surface area contributed by atoms with Gasteiger partial charge in [-0.1, -0.05) is 132 Å². The highest BCUT2D eigenvalue weighted by molar-refractivity contribution is 6.12. The smallest absolute Gasteiger partial charge is 0.0542 e. The van der Waals surface area contributed by atoms with E-state index in [0.717, 1.165) is 56.6 Å². The molecule has 0 fully saturated rings. The highest BCUT2D eigenvalue weighted by Crippen LogP contribution is 2.43. The summed E-state index contributed by atoms with van der Waals surface area (Å²) in [7, 11) is 0. The molecule has 0 radical (unpaired) electrons. The first kappa shape index (κ1) is 39.0. The maximum absolute atomic E-state index is 2.37. The second-order valence-electron chi connectivity index (χ2n) is 17.2. The summed E-state index contributed by atoms with van der Waals surface area (Å²) in [6.45, 7) is 4.28. The monoisotopic (exact) mass is 846 g/mol. The fourth-order valence-electron chi connectivity index (χ4n) is 9.80. The van der Waals surface area contributed by atoms with Crippen LogP contribution >= 0.6 is 0 Å². The summed E-state index contributed by atoms with van der Waals surface area (Å²) in [5.74, 6) is 0. The van der Waals surface area contributed by atoms with Crippen LogP contribution in [0.2, 0.25) is 0 Å². The van der Waals surface area contributed by atoms with Crippen LogP contribution in [0.5, 0.6) is 0 Å². The van der Waals surface area contributed by atoms with E-state index in [0.29, 0.717) is 0 Å². The lowest BCUT2D eigenvalue weighted by atomic mass is 10.0. The molecular formula is C62H46N4. The molecule has 0 amide bonds. The molecule has 0 aliphatic carbocycles. The molecule has 12 aromatic rings. The molecule has 2 heterocycles. The number of hydrogen-bond donors (Lipinski definition) is 0. The Hall–Kier alpha value is -8.60.